The van der Waals surface area contributed by atoms with Crippen LogP contribution in [0.15, 0.2) is 55.4 Å². The molecule has 1 atom stereocenters. The summed E-state index contributed by atoms with van der Waals surface area (Å²) in [6, 6.07) is 7.08. The molecular formula is C26H22FN9O. The highest BCUT2D eigenvalue weighted by atomic mass is 19.1. The van der Waals surface area contributed by atoms with Crippen LogP contribution in [0.25, 0.3) is 50.4 Å². The van der Waals surface area contributed by atoms with Crippen LogP contribution < -0.4 is 5.32 Å². The number of imidazole rings is 2. The van der Waals surface area contributed by atoms with Gasteiger partial charge in [0, 0.05) is 35.6 Å². The molecule has 11 heteroatoms. The molecule has 7 rings (SSSR count). The number of aryl methyl sites for hydroxylation is 1. The van der Waals surface area contributed by atoms with E-state index >= 15 is 4.39 Å². The fraction of sp³-hybridized carbons (Fsp3) is 0.192. The van der Waals surface area contributed by atoms with Gasteiger partial charge in [-0.15, -0.1) is 0 Å². The van der Waals surface area contributed by atoms with Crippen molar-refractivity contribution in [3.05, 3.63) is 66.9 Å². The van der Waals surface area contributed by atoms with Crippen LogP contribution in [-0.2, 0) is 0 Å². The van der Waals surface area contributed by atoms with Crippen molar-refractivity contribution in [3.63, 3.8) is 0 Å². The molecule has 5 heterocycles. The Labute approximate surface area is 209 Å². The Morgan fingerprint density at radius 3 is 2.86 bits per heavy atom. The summed E-state index contributed by atoms with van der Waals surface area (Å²) in [4.78, 5) is 21.0. The standard InChI is InChI=1S/C26H22FN9O/c1-13-11-36(12-30-13)25-22-19(6-7-29-25)32-24(33-22)23-20-18(34-35-23)5-4-17(21(20)27)15-8-16(10-28-9-15)31-26(37)14-2-3-14/h4-12,14,26,31,37H,2-3H2,1H3,(H,32,33)(H,34,35). The van der Waals surface area contributed by atoms with Gasteiger partial charge in [-0.05, 0) is 44.0 Å². The van der Waals surface area contributed by atoms with Crippen molar-refractivity contribution in [2.75, 3.05) is 5.32 Å². The topological polar surface area (TPSA) is 133 Å². The van der Waals surface area contributed by atoms with E-state index in [2.05, 4.69) is 35.5 Å². The van der Waals surface area contributed by atoms with Gasteiger partial charge in [-0.3, -0.25) is 14.6 Å². The van der Waals surface area contributed by atoms with Gasteiger partial charge >= 0.3 is 0 Å². The van der Waals surface area contributed by atoms with Crippen LogP contribution in [0.5, 0.6) is 0 Å². The Bertz CT molecular complexity index is 1780. The highest BCUT2D eigenvalue weighted by molar-refractivity contribution is 5.97. The Kier molecular flexibility index (Phi) is 4.80. The van der Waals surface area contributed by atoms with Crippen LogP contribution in [0.3, 0.4) is 0 Å². The number of rotatable bonds is 6. The minimum Gasteiger partial charge on any atom is -0.374 e. The number of anilines is 1. The summed E-state index contributed by atoms with van der Waals surface area (Å²) in [5, 5.41) is 20.9. The first-order valence-corrected chi connectivity index (χ1v) is 12.0. The minimum absolute atomic E-state index is 0.252. The molecule has 1 saturated carbocycles. The first-order valence-electron chi connectivity index (χ1n) is 12.0. The molecule has 0 saturated heterocycles. The quantitative estimate of drug-likeness (QED) is 0.253. The lowest BCUT2D eigenvalue weighted by molar-refractivity contribution is 0.180. The van der Waals surface area contributed by atoms with Crippen LogP contribution in [0.2, 0.25) is 0 Å². The zero-order valence-electron chi connectivity index (χ0n) is 19.8. The number of aromatic amines is 2. The number of fused-ring (bicyclic) bond motifs is 2. The predicted molar refractivity (Wildman–Crippen MR) is 136 cm³/mol. The average molecular weight is 496 g/mol. The van der Waals surface area contributed by atoms with Gasteiger partial charge < -0.3 is 15.4 Å². The van der Waals surface area contributed by atoms with Gasteiger partial charge in [0.2, 0.25) is 0 Å². The van der Waals surface area contributed by atoms with Gasteiger partial charge in [0.15, 0.2) is 11.6 Å². The second kappa shape index (κ2) is 8.20. The fourth-order valence-electron chi connectivity index (χ4n) is 4.59. The highest BCUT2D eigenvalue weighted by Crippen LogP contribution is 2.36. The van der Waals surface area contributed by atoms with E-state index in [1.165, 1.54) is 0 Å². The third kappa shape index (κ3) is 3.71. The molecule has 0 spiro atoms. The molecule has 0 aliphatic heterocycles. The summed E-state index contributed by atoms with van der Waals surface area (Å²) in [7, 11) is 0. The van der Waals surface area contributed by atoms with Gasteiger partial charge in [-0.1, -0.05) is 0 Å². The van der Waals surface area contributed by atoms with Gasteiger partial charge in [0.25, 0.3) is 0 Å². The number of hydrogen-bond donors (Lipinski definition) is 4. The second-order valence-corrected chi connectivity index (χ2v) is 9.35. The summed E-state index contributed by atoms with van der Waals surface area (Å²) in [5.74, 6) is 0.851. The number of aliphatic hydroxyl groups excluding tert-OH is 1. The number of aliphatic hydroxyl groups is 1. The van der Waals surface area contributed by atoms with Crippen molar-refractivity contribution >= 4 is 27.6 Å². The van der Waals surface area contributed by atoms with E-state index in [1.807, 2.05) is 19.2 Å². The maximum absolute atomic E-state index is 16.0. The molecular weight excluding hydrogens is 473 g/mol. The number of hydrogen-bond acceptors (Lipinski definition) is 7. The zero-order valence-corrected chi connectivity index (χ0v) is 19.8. The van der Waals surface area contributed by atoms with Gasteiger partial charge in [0.1, 0.15) is 29.6 Å². The molecule has 1 aliphatic carbocycles. The minimum atomic E-state index is -0.636. The molecule has 4 N–H and O–H groups in total. The normalized spacial score (nSPS) is 14.5. The number of pyridine rings is 2. The van der Waals surface area contributed by atoms with Crippen LogP contribution in [0.4, 0.5) is 10.1 Å². The van der Waals surface area contributed by atoms with Gasteiger partial charge in [-0.2, -0.15) is 5.10 Å². The Morgan fingerprint density at radius 1 is 1.16 bits per heavy atom. The summed E-state index contributed by atoms with van der Waals surface area (Å²) in [5.41, 5.74) is 4.74. The molecule has 6 aromatic rings. The monoisotopic (exact) mass is 495 g/mol. The summed E-state index contributed by atoms with van der Waals surface area (Å²) >= 11 is 0. The Morgan fingerprint density at radius 2 is 2.05 bits per heavy atom. The van der Waals surface area contributed by atoms with E-state index in [1.54, 1.807) is 47.7 Å². The zero-order chi connectivity index (χ0) is 25.1. The van der Waals surface area contributed by atoms with Crippen molar-refractivity contribution in [1.82, 2.24) is 39.7 Å². The first-order chi connectivity index (χ1) is 18.0. The predicted octanol–water partition coefficient (Wildman–Crippen LogP) is 4.34. The van der Waals surface area contributed by atoms with E-state index in [0.717, 1.165) is 24.1 Å². The average Bonchev–Trinajstić information content (AvgIpc) is 3.29. The Hall–Kier alpha value is -4.64. The fourth-order valence-corrected chi connectivity index (χ4v) is 4.59. The number of nitrogens with zero attached hydrogens (tertiary/aromatic N) is 6. The number of aromatic nitrogens is 8. The lowest BCUT2D eigenvalue weighted by atomic mass is 10.0. The van der Waals surface area contributed by atoms with Gasteiger partial charge in [0.05, 0.1) is 34.0 Å². The van der Waals surface area contributed by atoms with Crippen molar-refractivity contribution in [2.45, 2.75) is 26.0 Å². The second-order valence-electron chi connectivity index (χ2n) is 9.35. The molecule has 1 fully saturated rings. The van der Waals surface area contributed by atoms with Crippen LogP contribution in [0, 0.1) is 18.7 Å². The number of benzene rings is 1. The number of H-pyrrole nitrogens is 2. The van der Waals surface area contributed by atoms with Crippen molar-refractivity contribution in [1.29, 1.82) is 0 Å². The van der Waals surface area contributed by atoms with Gasteiger partial charge in [-0.25, -0.2) is 19.3 Å². The largest absolute Gasteiger partial charge is 0.374 e. The van der Waals surface area contributed by atoms with Crippen LogP contribution >= 0.6 is 0 Å². The van der Waals surface area contributed by atoms with Crippen LogP contribution in [0.1, 0.15) is 18.5 Å². The van der Waals surface area contributed by atoms with E-state index in [9.17, 15) is 5.11 Å². The molecule has 0 amide bonds. The Balaban J connectivity index is 1.31. The third-order valence-corrected chi connectivity index (χ3v) is 6.66. The number of halogens is 1. The molecule has 0 radical (unpaired) electrons. The summed E-state index contributed by atoms with van der Waals surface area (Å²) < 4.78 is 17.8. The molecule has 1 unspecified atom stereocenters. The third-order valence-electron chi connectivity index (χ3n) is 6.66. The molecule has 1 aromatic carbocycles. The SMILES string of the molecule is Cc1cn(-c2nccc3[nH]c(-c4n[nH]c5ccc(-c6cncc(NC(O)C7CC7)c6)c(F)c45)nc23)cn1. The smallest absolute Gasteiger partial charge is 0.166 e. The maximum atomic E-state index is 16.0. The van der Waals surface area contributed by atoms with Crippen molar-refractivity contribution < 1.29 is 9.50 Å². The lowest BCUT2D eigenvalue weighted by Gasteiger charge is -2.14. The molecule has 10 nitrogen and oxygen atoms in total. The summed E-state index contributed by atoms with van der Waals surface area (Å²) in [6.07, 6.45) is 9.82. The van der Waals surface area contributed by atoms with E-state index < -0.39 is 12.0 Å². The van der Waals surface area contributed by atoms with Crippen molar-refractivity contribution in [2.24, 2.45) is 5.92 Å². The van der Waals surface area contributed by atoms with E-state index in [4.69, 9.17) is 4.98 Å². The molecule has 5 aromatic heterocycles. The highest BCUT2D eigenvalue weighted by Gasteiger charge is 2.29. The maximum Gasteiger partial charge on any atom is 0.166 e. The molecule has 184 valence electrons. The first kappa shape index (κ1) is 21.6. The number of nitrogens with one attached hydrogen (secondary N) is 3. The molecule has 0 bridgehead atoms. The van der Waals surface area contributed by atoms with Crippen molar-refractivity contribution in [3.8, 4) is 28.5 Å². The van der Waals surface area contributed by atoms with E-state index in [0.29, 0.717) is 50.6 Å². The molecule has 37 heavy (non-hydrogen) atoms. The lowest BCUT2D eigenvalue weighted by Crippen LogP contribution is -2.20. The van der Waals surface area contributed by atoms with E-state index in [-0.39, 0.29) is 5.92 Å². The summed E-state index contributed by atoms with van der Waals surface area (Å²) in [6.45, 7) is 1.90. The molecule has 1 aliphatic rings. The van der Waals surface area contributed by atoms with Crippen LogP contribution in [-0.4, -0.2) is 51.0 Å².